The molecule has 0 saturated heterocycles. The Morgan fingerprint density at radius 1 is 0.810 bits per heavy atom. The summed E-state index contributed by atoms with van der Waals surface area (Å²) in [6.45, 7) is 31.6. The van der Waals surface area contributed by atoms with Crippen LogP contribution in [0.2, 0.25) is 0 Å². The number of benzene rings is 3. The molecule has 0 aliphatic rings. The van der Waals surface area contributed by atoms with Crippen molar-refractivity contribution >= 4 is 0 Å². The van der Waals surface area contributed by atoms with E-state index in [9.17, 15) is 0 Å². The van der Waals surface area contributed by atoms with E-state index in [2.05, 4.69) is 123 Å². The third-order valence-electron chi connectivity index (χ3n) is 6.61. The molecule has 3 rings (SSSR count). The van der Waals surface area contributed by atoms with Gasteiger partial charge in [0.2, 0.25) is 0 Å². The van der Waals surface area contributed by atoms with E-state index in [1.807, 2.05) is 45.9 Å². The second kappa shape index (κ2) is 23.5. The molecule has 232 valence electrons. The van der Waals surface area contributed by atoms with Gasteiger partial charge in [0.15, 0.2) is 0 Å². The lowest BCUT2D eigenvalue weighted by atomic mass is 9.83. The first kappa shape index (κ1) is 41.1. The van der Waals surface area contributed by atoms with E-state index < -0.39 is 0 Å². The summed E-state index contributed by atoms with van der Waals surface area (Å²) in [6.07, 6.45) is 12.4. The monoisotopic (exact) mass is 569 g/mol. The Bertz CT molecular complexity index is 1140. The molecule has 0 radical (unpaired) electrons. The molecule has 0 amide bonds. The molecular weight excluding hydrogens is 504 g/mol. The van der Waals surface area contributed by atoms with E-state index in [0.29, 0.717) is 0 Å². The maximum atomic E-state index is 5.37. The van der Waals surface area contributed by atoms with E-state index in [4.69, 9.17) is 6.42 Å². The maximum absolute atomic E-state index is 5.37. The molecule has 1 atom stereocenters. The fraction of sp³-hybridized carbons (Fsp3) is 0.476. The Kier molecular flexibility index (Phi) is 23.0. The SMILES string of the molecule is C#Cc1cccc(-c2ccc(C)cc2)c1.C=C(C)C.CC.CCCCCC(C)CC.Cc1ccc(C)c(C(C)(C)C)c1. The minimum atomic E-state index is 0.274. The minimum absolute atomic E-state index is 0.274. The Morgan fingerprint density at radius 3 is 1.81 bits per heavy atom. The van der Waals surface area contributed by atoms with Gasteiger partial charge in [0.25, 0.3) is 0 Å². The molecular formula is C42H64. The van der Waals surface area contributed by atoms with Gasteiger partial charge in [-0.3, -0.25) is 0 Å². The van der Waals surface area contributed by atoms with Gasteiger partial charge in [-0.1, -0.05) is 165 Å². The summed E-state index contributed by atoms with van der Waals surface area (Å²) in [6, 6.07) is 23.2. The highest BCUT2D eigenvalue weighted by Gasteiger charge is 2.15. The Labute approximate surface area is 263 Å². The molecule has 0 aliphatic heterocycles. The number of rotatable bonds is 6. The van der Waals surface area contributed by atoms with E-state index in [1.165, 1.54) is 71.1 Å². The zero-order valence-corrected chi connectivity index (χ0v) is 29.7. The van der Waals surface area contributed by atoms with Crippen LogP contribution in [0.4, 0.5) is 0 Å². The Morgan fingerprint density at radius 2 is 1.36 bits per heavy atom. The van der Waals surface area contributed by atoms with Gasteiger partial charge in [-0.25, -0.2) is 0 Å². The standard InChI is InChI=1S/C15H12.C12H18.C9H20.C4H8.C2H6/c1-3-13-5-4-6-15(11-13)14-9-7-12(2)8-10-14;1-9-6-7-10(2)11(8-9)12(3,4)5;1-4-6-7-8-9(3)5-2;1-4(2)3;1-2/h1,4-11H,2H3;6-8H,1-5H3;9H,4-8H2,1-3H3;1H2,2-3H3;1-2H3. The molecule has 0 N–H and O–H groups in total. The van der Waals surface area contributed by atoms with Crippen LogP contribution in [0.25, 0.3) is 11.1 Å². The third kappa shape index (κ3) is 19.9. The van der Waals surface area contributed by atoms with Gasteiger partial charge >= 0.3 is 0 Å². The van der Waals surface area contributed by atoms with Gasteiger partial charge in [0, 0.05) is 5.56 Å². The Balaban J connectivity index is 0. The predicted octanol–water partition coefficient (Wildman–Crippen LogP) is 13.5. The van der Waals surface area contributed by atoms with Crippen LogP contribution in [0.5, 0.6) is 0 Å². The largest absolute Gasteiger partial charge is 0.115 e. The number of aryl methyl sites for hydroxylation is 3. The Hall–Kier alpha value is -3.04. The summed E-state index contributed by atoms with van der Waals surface area (Å²) in [7, 11) is 0. The number of unbranched alkanes of at least 4 members (excludes halogenated alkanes) is 2. The van der Waals surface area contributed by atoms with Crippen LogP contribution in [0.1, 0.15) is 129 Å². The van der Waals surface area contributed by atoms with Gasteiger partial charge < -0.3 is 0 Å². The van der Waals surface area contributed by atoms with Crippen molar-refractivity contribution < 1.29 is 0 Å². The van der Waals surface area contributed by atoms with Crippen molar-refractivity contribution in [1.82, 2.24) is 0 Å². The van der Waals surface area contributed by atoms with E-state index in [1.54, 1.807) is 0 Å². The third-order valence-corrected chi connectivity index (χ3v) is 6.61. The molecule has 1 unspecified atom stereocenters. The summed E-state index contributed by atoms with van der Waals surface area (Å²) in [4.78, 5) is 0. The molecule has 0 aliphatic carbocycles. The molecule has 0 heteroatoms. The van der Waals surface area contributed by atoms with E-state index >= 15 is 0 Å². The summed E-state index contributed by atoms with van der Waals surface area (Å²) in [5.41, 5.74) is 10.2. The van der Waals surface area contributed by atoms with Crippen LogP contribution in [0.15, 0.2) is 78.9 Å². The van der Waals surface area contributed by atoms with Gasteiger partial charge in [0.1, 0.15) is 0 Å². The zero-order chi connectivity index (χ0) is 32.7. The summed E-state index contributed by atoms with van der Waals surface area (Å²) in [5.74, 6) is 3.60. The van der Waals surface area contributed by atoms with Crippen LogP contribution in [-0.2, 0) is 5.41 Å². The first-order chi connectivity index (χ1) is 19.7. The number of allylic oxidation sites excluding steroid dienone is 1. The average molecular weight is 569 g/mol. The minimum Gasteiger partial charge on any atom is -0.115 e. The fourth-order valence-corrected chi connectivity index (χ4v) is 4.03. The first-order valence-electron chi connectivity index (χ1n) is 16.1. The van der Waals surface area contributed by atoms with E-state index in [0.717, 1.165) is 11.5 Å². The summed E-state index contributed by atoms with van der Waals surface area (Å²) < 4.78 is 0. The quantitative estimate of drug-likeness (QED) is 0.158. The van der Waals surface area contributed by atoms with Crippen LogP contribution >= 0.6 is 0 Å². The van der Waals surface area contributed by atoms with E-state index in [-0.39, 0.29) is 5.41 Å². The summed E-state index contributed by atoms with van der Waals surface area (Å²) in [5, 5.41) is 0. The van der Waals surface area contributed by atoms with Crippen molar-refractivity contribution in [3.8, 4) is 23.5 Å². The smallest absolute Gasteiger partial charge is 0.0248 e. The van der Waals surface area contributed by atoms with Gasteiger partial charge in [-0.2, -0.15) is 0 Å². The normalized spacial score (nSPS) is 10.5. The van der Waals surface area contributed by atoms with Crippen molar-refractivity contribution in [2.75, 3.05) is 0 Å². The van der Waals surface area contributed by atoms with Gasteiger partial charge in [-0.15, -0.1) is 13.0 Å². The van der Waals surface area contributed by atoms with Crippen LogP contribution in [0.3, 0.4) is 0 Å². The van der Waals surface area contributed by atoms with Crippen LogP contribution in [-0.4, -0.2) is 0 Å². The molecule has 0 aromatic heterocycles. The zero-order valence-electron chi connectivity index (χ0n) is 29.7. The molecule has 0 saturated carbocycles. The molecule has 0 bridgehead atoms. The van der Waals surface area contributed by atoms with Crippen LogP contribution in [0, 0.1) is 39.0 Å². The highest BCUT2D eigenvalue weighted by molar-refractivity contribution is 5.65. The van der Waals surface area contributed by atoms with Crippen molar-refractivity contribution in [1.29, 1.82) is 0 Å². The molecule has 0 heterocycles. The highest BCUT2D eigenvalue weighted by atomic mass is 14.2. The highest BCUT2D eigenvalue weighted by Crippen LogP contribution is 2.26. The maximum Gasteiger partial charge on any atom is 0.0248 e. The fourth-order valence-electron chi connectivity index (χ4n) is 4.03. The van der Waals surface area contributed by atoms with Gasteiger partial charge in [0.05, 0.1) is 0 Å². The predicted molar refractivity (Wildman–Crippen MR) is 195 cm³/mol. The molecule has 3 aromatic carbocycles. The average Bonchev–Trinajstić information content (AvgIpc) is 2.95. The molecule has 0 spiro atoms. The number of hydrogen-bond acceptors (Lipinski definition) is 0. The number of hydrogen-bond donors (Lipinski definition) is 0. The first-order valence-corrected chi connectivity index (χ1v) is 16.1. The molecule has 3 aromatic rings. The van der Waals surface area contributed by atoms with Crippen molar-refractivity contribution in [3.05, 3.63) is 107 Å². The second-order valence-electron chi connectivity index (χ2n) is 12.4. The molecule has 42 heavy (non-hydrogen) atoms. The second-order valence-corrected chi connectivity index (χ2v) is 12.4. The van der Waals surface area contributed by atoms with Crippen molar-refractivity contribution in [2.24, 2.45) is 5.92 Å². The topological polar surface area (TPSA) is 0 Å². The molecule has 0 nitrogen and oxygen atoms in total. The number of terminal acetylenes is 1. The lowest BCUT2D eigenvalue weighted by molar-refractivity contribution is 0.482. The lowest BCUT2D eigenvalue weighted by Crippen LogP contribution is -2.13. The van der Waals surface area contributed by atoms with Crippen molar-refractivity contribution in [2.45, 2.75) is 128 Å². The van der Waals surface area contributed by atoms with Gasteiger partial charge in [-0.05, 0) is 80.3 Å². The molecule has 0 fully saturated rings. The summed E-state index contributed by atoms with van der Waals surface area (Å²) >= 11 is 0. The lowest BCUT2D eigenvalue weighted by Gasteiger charge is -2.22. The van der Waals surface area contributed by atoms with Crippen molar-refractivity contribution in [3.63, 3.8) is 0 Å². The van der Waals surface area contributed by atoms with Crippen LogP contribution < -0.4 is 0 Å².